The van der Waals surface area contributed by atoms with Crippen molar-refractivity contribution in [3.63, 3.8) is 0 Å². The van der Waals surface area contributed by atoms with Crippen LogP contribution in [-0.4, -0.2) is 13.4 Å². The van der Waals surface area contributed by atoms with Crippen LogP contribution in [0.25, 0.3) is 0 Å². The zero-order valence-corrected chi connectivity index (χ0v) is 14.0. The molecule has 0 spiro atoms. The topological polar surface area (TPSA) is 72.2 Å². The molecule has 2 rings (SSSR count). The van der Waals surface area contributed by atoms with Crippen LogP contribution < -0.4 is 10.5 Å². The van der Waals surface area contributed by atoms with Gasteiger partial charge in [0, 0.05) is 14.8 Å². The highest BCUT2D eigenvalue weighted by Crippen LogP contribution is 2.18. The number of rotatable bonds is 4. The molecule has 0 aliphatic rings. The molecule has 0 saturated heterocycles. The number of nitrogens with one attached hydrogen (secondary N) is 1. The Kier molecular flexibility index (Phi) is 4.61. The molecular weight excluding hydrogens is 407 g/mol. The van der Waals surface area contributed by atoms with Gasteiger partial charge >= 0.3 is 0 Å². The number of sulfonamides is 1. The maximum Gasteiger partial charge on any atom is 0.261 e. The number of anilines is 1. The van der Waals surface area contributed by atoms with Crippen LogP contribution in [0.2, 0.25) is 0 Å². The minimum absolute atomic E-state index is 0.127. The summed E-state index contributed by atoms with van der Waals surface area (Å²) in [6, 6.07) is 13.3. The Hall–Kier alpha value is -1.19. The fourth-order valence-electron chi connectivity index (χ4n) is 1.58. The van der Waals surface area contributed by atoms with Crippen LogP contribution in [0.5, 0.6) is 0 Å². The van der Waals surface area contributed by atoms with Crippen LogP contribution in [0, 0.1) is 3.57 Å². The molecule has 0 bridgehead atoms. The van der Waals surface area contributed by atoms with E-state index in [0.717, 1.165) is 3.57 Å². The van der Waals surface area contributed by atoms with E-state index < -0.39 is 10.0 Å². The zero-order valence-electron chi connectivity index (χ0n) is 10.2. The highest BCUT2D eigenvalue weighted by molar-refractivity contribution is 14.1. The first-order valence-corrected chi connectivity index (χ1v) is 8.54. The normalized spacial score (nSPS) is 11.1. The molecule has 0 fully saturated rings. The van der Waals surface area contributed by atoms with Crippen LogP contribution in [0.3, 0.4) is 0 Å². The lowest BCUT2D eigenvalue weighted by molar-refractivity contribution is 0.601. The third-order valence-corrected chi connectivity index (χ3v) is 4.79. The van der Waals surface area contributed by atoms with E-state index in [9.17, 15) is 8.42 Å². The summed E-state index contributed by atoms with van der Waals surface area (Å²) in [4.78, 5) is 0.290. The van der Waals surface area contributed by atoms with Gasteiger partial charge in [0.05, 0.1) is 4.90 Å². The molecule has 0 radical (unpaired) electrons. The molecule has 2 aromatic rings. The van der Waals surface area contributed by atoms with Gasteiger partial charge in [-0.05, 0) is 52.9 Å². The van der Waals surface area contributed by atoms with E-state index in [-0.39, 0.29) is 9.88 Å². The minimum atomic E-state index is -3.65. The van der Waals surface area contributed by atoms with Crippen LogP contribution in [0.4, 0.5) is 5.69 Å². The van der Waals surface area contributed by atoms with E-state index in [1.54, 1.807) is 30.3 Å². The van der Waals surface area contributed by atoms with Crippen molar-refractivity contribution >= 4 is 55.5 Å². The highest BCUT2D eigenvalue weighted by Gasteiger charge is 2.15. The van der Waals surface area contributed by atoms with Gasteiger partial charge in [0.25, 0.3) is 10.0 Å². The molecule has 3 N–H and O–H groups in total. The Morgan fingerprint density at radius 1 is 1.15 bits per heavy atom. The van der Waals surface area contributed by atoms with E-state index >= 15 is 0 Å². The first-order chi connectivity index (χ1) is 9.38. The van der Waals surface area contributed by atoms with Crippen molar-refractivity contribution in [2.75, 3.05) is 4.72 Å². The smallest absolute Gasteiger partial charge is 0.261 e. The number of benzene rings is 2. The standard InChI is InChI=1S/C13H11IN2O2S2/c14-10-4-2-5-11(8-10)16-20(17,18)12-6-1-3-9(7-12)13(15)19/h1-8,16H,(H2,15,19). The molecule has 0 aromatic heterocycles. The summed E-state index contributed by atoms with van der Waals surface area (Å²) in [5.41, 5.74) is 6.54. The van der Waals surface area contributed by atoms with Crippen molar-refractivity contribution in [2.24, 2.45) is 5.73 Å². The Bertz CT molecular complexity index is 760. The van der Waals surface area contributed by atoms with Gasteiger partial charge in [-0.2, -0.15) is 0 Å². The Morgan fingerprint density at radius 3 is 2.50 bits per heavy atom. The molecule has 0 atom stereocenters. The van der Waals surface area contributed by atoms with E-state index in [0.29, 0.717) is 11.3 Å². The second-order valence-corrected chi connectivity index (χ2v) is 7.38. The number of hydrogen-bond acceptors (Lipinski definition) is 3. The molecular formula is C13H11IN2O2S2. The SMILES string of the molecule is NC(=S)c1cccc(S(=O)(=O)Nc2cccc(I)c2)c1. The van der Waals surface area contributed by atoms with Crippen molar-refractivity contribution in [1.82, 2.24) is 0 Å². The molecule has 4 nitrogen and oxygen atoms in total. The average molecular weight is 418 g/mol. The Balaban J connectivity index is 2.35. The fraction of sp³-hybridized carbons (Fsp3) is 0. The minimum Gasteiger partial charge on any atom is -0.389 e. The molecule has 7 heteroatoms. The van der Waals surface area contributed by atoms with Crippen LogP contribution >= 0.6 is 34.8 Å². The van der Waals surface area contributed by atoms with Gasteiger partial charge in [0.2, 0.25) is 0 Å². The van der Waals surface area contributed by atoms with Crippen molar-refractivity contribution in [2.45, 2.75) is 4.90 Å². The van der Waals surface area contributed by atoms with Gasteiger partial charge in [-0.1, -0.05) is 30.4 Å². The van der Waals surface area contributed by atoms with Crippen LogP contribution in [-0.2, 0) is 10.0 Å². The zero-order chi connectivity index (χ0) is 14.8. The predicted molar refractivity (Wildman–Crippen MR) is 92.3 cm³/mol. The molecule has 0 heterocycles. The summed E-state index contributed by atoms with van der Waals surface area (Å²) >= 11 is 6.97. The number of hydrogen-bond donors (Lipinski definition) is 2. The van der Waals surface area contributed by atoms with Gasteiger partial charge in [0.1, 0.15) is 4.99 Å². The molecule has 2 aromatic carbocycles. The summed E-state index contributed by atoms with van der Waals surface area (Å²) < 4.78 is 28.0. The number of halogens is 1. The molecule has 0 amide bonds. The summed E-state index contributed by atoms with van der Waals surface area (Å²) in [5.74, 6) is 0. The first-order valence-electron chi connectivity index (χ1n) is 5.57. The number of thiocarbonyl (C=S) groups is 1. The summed E-state index contributed by atoms with van der Waals surface area (Å²) in [6.45, 7) is 0. The molecule has 0 unspecified atom stereocenters. The predicted octanol–water partition coefficient (Wildman–Crippen LogP) is 2.73. The van der Waals surface area contributed by atoms with E-state index in [4.69, 9.17) is 18.0 Å². The maximum atomic E-state index is 12.3. The Morgan fingerprint density at radius 2 is 1.85 bits per heavy atom. The first kappa shape index (κ1) is 15.2. The second kappa shape index (κ2) is 6.06. The van der Waals surface area contributed by atoms with Crippen LogP contribution in [0.1, 0.15) is 5.56 Å². The van der Waals surface area contributed by atoms with Gasteiger partial charge in [-0.25, -0.2) is 8.42 Å². The van der Waals surface area contributed by atoms with Gasteiger partial charge < -0.3 is 5.73 Å². The van der Waals surface area contributed by atoms with Crippen molar-refractivity contribution in [3.8, 4) is 0 Å². The Labute approximate surface area is 136 Å². The third kappa shape index (κ3) is 3.68. The van der Waals surface area contributed by atoms with Gasteiger partial charge in [-0.3, -0.25) is 4.72 Å². The van der Waals surface area contributed by atoms with Crippen molar-refractivity contribution in [3.05, 3.63) is 57.7 Å². The van der Waals surface area contributed by atoms with Crippen molar-refractivity contribution in [1.29, 1.82) is 0 Å². The number of nitrogens with two attached hydrogens (primary N) is 1. The monoisotopic (exact) mass is 418 g/mol. The molecule has 0 aliphatic carbocycles. The third-order valence-electron chi connectivity index (χ3n) is 2.51. The maximum absolute atomic E-state index is 12.3. The molecule has 104 valence electrons. The highest BCUT2D eigenvalue weighted by atomic mass is 127. The lowest BCUT2D eigenvalue weighted by Crippen LogP contribution is -2.15. The fourth-order valence-corrected chi connectivity index (χ4v) is 3.35. The molecule has 0 saturated carbocycles. The molecule has 20 heavy (non-hydrogen) atoms. The van der Waals surface area contributed by atoms with Crippen molar-refractivity contribution < 1.29 is 8.42 Å². The quantitative estimate of drug-likeness (QED) is 0.592. The van der Waals surface area contributed by atoms with E-state index in [2.05, 4.69) is 27.3 Å². The van der Waals surface area contributed by atoms with Crippen LogP contribution in [0.15, 0.2) is 53.4 Å². The largest absolute Gasteiger partial charge is 0.389 e. The lowest BCUT2D eigenvalue weighted by Gasteiger charge is -2.09. The van der Waals surface area contributed by atoms with E-state index in [1.165, 1.54) is 12.1 Å². The summed E-state index contributed by atoms with van der Waals surface area (Å²) in [6.07, 6.45) is 0. The summed E-state index contributed by atoms with van der Waals surface area (Å²) in [7, 11) is -3.65. The van der Waals surface area contributed by atoms with Gasteiger partial charge in [-0.15, -0.1) is 0 Å². The summed E-state index contributed by atoms with van der Waals surface area (Å²) in [5, 5.41) is 0. The van der Waals surface area contributed by atoms with Gasteiger partial charge in [0.15, 0.2) is 0 Å². The average Bonchev–Trinajstić information content (AvgIpc) is 2.38. The molecule has 0 aliphatic heterocycles. The lowest BCUT2D eigenvalue weighted by atomic mass is 10.2. The second-order valence-electron chi connectivity index (χ2n) is 4.01. The van der Waals surface area contributed by atoms with E-state index in [1.807, 2.05) is 6.07 Å².